The molecule has 0 fully saturated rings. The molecule has 1 heterocycles. The molecule has 0 aliphatic carbocycles. The molecular weight excluding hydrogens is 232 g/mol. The molecule has 100 valence electrons. The lowest BCUT2D eigenvalue weighted by Gasteiger charge is -2.15. The van der Waals surface area contributed by atoms with Gasteiger partial charge < -0.3 is 21.5 Å². The van der Waals surface area contributed by atoms with E-state index >= 15 is 0 Å². The summed E-state index contributed by atoms with van der Waals surface area (Å²) in [6.45, 7) is 2.38. The van der Waals surface area contributed by atoms with Crippen molar-refractivity contribution in [3.63, 3.8) is 0 Å². The van der Waals surface area contributed by atoms with Crippen LogP contribution in [0.25, 0.3) is 0 Å². The zero-order chi connectivity index (χ0) is 13.4. The minimum Gasteiger partial charge on any atom is -0.394 e. The zero-order valence-electron chi connectivity index (χ0n) is 10.5. The van der Waals surface area contributed by atoms with E-state index in [9.17, 15) is 4.79 Å². The Morgan fingerprint density at radius 1 is 1.56 bits per heavy atom. The number of carbonyl (C=O) groups excluding carboxylic acids is 1. The van der Waals surface area contributed by atoms with E-state index < -0.39 is 0 Å². The molecule has 1 aromatic rings. The SMILES string of the molecule is CCC(CO)Nc1ccc(NC(=O)CCN)nc1. The number of carbonyl (C=O) groups is 1. The fraction of sp³-hybridized carbons (Fsp3) is 0.500. The first-order chi connectivity index (χ1) is 8.69. The molecule has 0 aliphatic rings. The maximum Gasteiger partial charge on any atom is 0.226 e. The van der Waals surface area contributed by atoms with Crippen LogP contribution in [0.3, 0.4) is 0 Å². The molecule has 6 heteroatoms. The van der Waals surface area contributed by atoms with Crippen LogP contribution in [0.4, 0.5) is 11.5 Å². The Hall–Kier alpha value is -1.66. The molecule has 0 radical (unpaired) electrons. The largest absolute Gasteiger partial charge is 0.394 e. The van der Waals surface area contributed by atoms with Gasteiger partial charge in [0.25, 0.3) is 0 Å². The third kappa shape index (κ3) is 4.68. The third-order valence-electron chi connectivity index (χ3n) is 2.49. The highest BCUT2D eigenvalue weighted by Crippen LogP contribution is 2.11. The highest BCUT2D eigenvalue weighted by atomic mass is 16.3. The summed E-state index contributed by atoms with van der Waals surface area (Å²) in [6, 6.07) is 3.54. The molecule has 0 saturated carbocycles. The Kier molecular flexibility index (Phi) is 6.10. The van der Waals surface area contributed by atoms with E-state index in [0.29, 0.717) is 12.4 Å². The highest BCUT2D eigenvalue weighted by molar-refractivity contribution is 5.89. The molecule has 1 rings (SSSR count). The summed E-state index contributed by atoms with van der Waals surface area (Å²) >= 11 is 0. The standard InChI is InChI=1S/C12H20N4O2/c1-2-9(8-17)15-10-3-4-11(14-7-10)16-12(18)5-6-13/h3-4,7,9,15,17H,2,5-6,8,13H2,1H3,(H,14,16,18). The summed E-state index contributed by atoms with van der Waals surface area (Å²) in [5.41, 5.74) is 6.09. The minimum absolute atomic E-state index is 0.0180. The number of aromatic nitrogens is 1. The normalized spacial score (nSPS) is 11.9. The molecule has 18 heavy (non-hydrogen) atoms. The maximum atomic E-state index is 11.3. The average Bonchev–Trinajstić information content (AvgIpc) is 2.38. The van der Waals surface area contributed by atoms with Crippen LogP contribution in [0.2, 0.25) is 0 Å². The van der Waals surface area contributed by atoms with Crippen molar-refractivity contribution in [3.8, 4) is 0 Å². The van der Waals surface area contributed by atoms with Crippen LogP contribution in [-0.4, -0.2) is 35.2 Å². The lowest BCUT2D eigenvalue weighted by molar-refractivity contribution is -0.116. The van der Waals surface area contributed by atoms with Crippen molar-refractivity contribution in [2.75, 3.05) is 23.8 Å². The number of pyridine rings is 1. The van der Waals surface area contributed by atoms with Gasteiger partial charge in [-0.1, -0.05) is 6.92 Å². The van der Waals surface area contributed by atoms with Gasteiger partial charge in [-0.05, 0) is 18.6 Å². The molecule has 0 saturated heterocycles. The van der Waals surface area contributed by atoms with Gasteiger partial charge >= 0.3 is 0 Å². The van der Waals surface area contributed by atoms with Gasteiger partial charge in [-0.3, -0.25) is 4.79 Å². The second-order valence-electron chi connectivity index (χ2n) is 3.95. The lowest BCUT2D eigenvalue weighted by atomic mass is 10.2. The number of nitrogens with one attached hydrogen (secondary N) is 2. The fourth-order valence-electron chi connectivity index (χ4n) is 1.40. The number of rotatable bonds is 7. The predicted molar refractivity (Wildman–Crippen MR) is 71.3 cm³/mol. The number of aliphatic hydroxyl groups is 1. The van der Waals surface area contributed by atoms with Gasteiger partial charge in [0.05, 0.1) is 18.5 Å². The second-order valence-corrected chi connectivity index (χ2v) is 3.95. The zero-order valence-corrected chi connectivity index (χ0v) is 10.5. The molecule has 1 aromatic heterocycles. The molecule has 5 N–H and O–H groups in total. The van der Waals surface area contributed by atoms with Crippen LogP contribution in [0.1, 0.15) is 19.8 Å². The predicted octanol–water partition coefficient (Wildman–Crippen LogP) is 0.552. The lowest BCUT2D eigenvalue weighted by Crippen LogP contribution is -2.22. The van der Waals surface area contributed by atoms with Gasteiger partial charge in [-0.25, -0.2) is 4.98 Å². The van der Waals surface area contributed by atoms with E-state index in [4.69, 9.17) is 10.8 Å². The topological polar surface area (TPSA) is 100 Å². The van der Waals surface area contributed by atoms with Crippen LogP contribution in [0, 0.1) is 0 Å². The van der Waals surface area contributed by atoms with Crippen LogP contribution in [0.5, 0.6) is 0 Å². The van der Waals surface area contributed by atoms with Crippen molar-refractivity contribution in [3.05, 3.63) is 18.3 Å². The molecule has 0 spiro atoms. The Morgan fingerprint density at radius 3 is 2.83 bits per heavy atom. The van der Waals surface area contributed by atoms with Gasteiger partial charge in [0, 0.05) is 19.0 Å². The molecule has 1 atom stereocenters. The van der Waals surface area contributed by atoms with Crippen LogP contribution >= 0.6 is 0 Å². The molecule has 1 unspecified atom stereocenters. The van der Waals surface area contributed by atoms with E-state index in [1.165, 1.54) is 0 Å². The van der Waals surface area contributed by atoms with Crippen LogP contribution < -0.4 is 16.4 Å². The van der Waals surface area contributed by atoms with Crippen LogP contribution in [0.15, 0.2) is 18.3 Å². The first-order valence-corrected chi connectivity index (χ1v) is 6.03. The molecule has 1 amide bonds. The Morgan fingerprint density at radius 2 is 2.33 bits per heavy atom. The number of nitrogens with zero attached hydrogens (tertiary/aromatic N) is 1. The molecule has 6 nitrogen and oxygen atoms in total. The number of aliphatic hydroxyl groups excluding tert-OH is 1. The third-order valence-corrected chi connectivity index (χ3v) is 2.49. The maximum absolute atomic E-state index is 11.3. The Balaban J connectivity index is 2.54. The summed E-state index contributed by atoms with van der Waals surface area (Å²) in [4.78, 5) is 15.4. The van der Waals surface area contributed by atoms with Crippen molar-refractivity contribution in [2.24, 2.45) is 5.73 Å². The van der Waals surface area contributed by atoms with E-state index in [0.717, 1.165) is 12.1 Å². The monoisotopic (exact) mass is 252 g/mol. The minimum atomic E-state index is -0.146. The molecule has 0 aromatic carbocycles. The first-order valence-electron chi connectivity index (χ1n) is 6.03. The van der Waals surface area contributed by atoms with Gasteiger partial charge in [0.15, 0.2) is 0 Å². The summed E-state index contributed by atoms with van der Waals surface area (Å²) in [7, 11) is 0. The van der Waals surface area contributed by atoms with Crippen molar-refractivity contribution >= 4 is 17.4 Å². The van der Waals surface area contributed by atoms with Gasteiger partial charge in [-0.2, -0.15) is 0 Å². The smallest absolute Gasteiger partial charge is 0.226 e. The summed E-state index contributed by atoms with van der Waals surface area (Å²) < 4.78 is 0. The van der Waals surface area contributed by atoms with Gasteiger partial charge in [0.2, 0.25) is 5.91 Å². The van der Waals surface area contributed by atoms with E-state index in [1.807, 2.05) is 13.0 Å². The summed E-state index contributed by atoms with van der Waals surface area (Å²) in [6.07, 6.45) is 2.73. The number of hydrogen-bond donors (Lipinski definition) is 4. The summed E-state index contributed by atoms with van der Waals surface area (Å²) in [5, 5.41) is 14.9. The number of amides is 1. The van der Waals surface area contributed by atoms with Crippen LogP contribution in [-0.2, 0) is 4.79 Å². The van der Waals surface area contributed by atoms with Crippen molar-refractivity contribution in [1.82, 2.24) is 4.98 Å². The van der Waals surface area contributed by atoms with E-state index in [2.05, 4.69) is 15.6 Å². The Bertz CT molecular complexity index is 363. The van der Waals surface area contributed by atoms with Gasteiger partial charge in [0.1, 0.15) is 5.82 Å². The molecule has 0 bridgehead atoms. The van der Waals surface area contributed by atoms with Crippen molar-refractivity contribution in [1.29, 1.82) is 0 Å². The Labute approximate surface area is 107 Å². The average molecular weight is 252 g/mol. The molecule has 0 aliphatic heterocycles. The summed E-state index contributed by atoms with van der Waals surface area (Å²) in [5.74, 6) is 0.351. The van der Waals surface area contributed by atoms with Gasteiger partial charge in [-0.15, -0.1) is 0 Å². The van der Waals surface area contributed by atoms with Crippen molar-refractivity contribution < 1.29 is 9.90 Å². The van der Waals surface area contributed by atoms with Crippen molar-refractivity contribution in [2.45, 2.75) is 25.8 Å². The van der Waals surface area contributed by atoms with E-state index in [1.54, 1.807) is 12.3 Å². The fourth-order valence-corrected chi connectivity index (χ4v) is 1.40. The first kappa shape index (κ1) is 14.4. The number of hydrogen-bond acceptors (Lipinski definition) is 5. The number of anilines is 2. The second kappa shape index (κ2) is 7.62. The van der Waals surface area contributed by atoms with E-state index in [-0.39, 0.29) is 25.0 Å². The number of nitrogens with two attached hydrogens (primary N) is 1. The quantitative estimate of drug-likeness (QED) is 0.568. The molecular formula is C12H20N4O2. The highest BCUT2D eigenvalue weighted by Gasteiger charge is 2.05.